The van der Waals surface area contributed by atoms with Gasteiger partial charge >= 0.3 is 6.03 Å². The molecule has 0 spiro atoms. The number of rotatable bonds is 3. The molecule has 1 aromatic heterocycles. The molecular formula is C19H21N5O3. The van der Waals surface area contributed by atoms with Crippen LogP contribution in [0.4, 0.5) is 10.5 Å². The van der Waals surface area contributed by atoms with E-state index in [9.17, 15) is 4.79 Å². The molecule has 0 aliphatic carbocycles. The molecule has 3 N–H and O–H groups in total. The number of ether oxygens (including phenoxy) is 2. The molecule has 0 bridgehead atoms. The van der Waals surface area contributed by atoms with Crippen LogP contribution in [0.15, 0.2) is 36.4 Å². The monoisotopic (exact) mass is 367 g/mol. The van der Waals surface area contributed by atoms with Gasteiger partial charge in [0.2, 0.25) is 0 Å². The van der Waals surface area contributed by atoms with E-state index in [-0.39, 0.29) is 12.1 Å². The third-order valence-corrected chi connectivity index (χ3v) is 4.56. The van der Waals surface area contributed by atoms with Gasteiger partial charge in [-0.1, -0.05) is 0 Å². The van der Waals surface area contributed by atoms with Crippen LogP contribution < -0.4 is 20.1 Å². The second kappa shape index (κ2) is 6.46. The maximum Gasteiger partial charge on any atom is 0.319 e. The van der Waals surface area contributed by atoms with E-state index in [2.05, 4.69) is 26.0 Å². The number of hydrogen-bond acceptors (Lipinski definition) is 5. The molecule has 0 fully saturated rings. The molecule has 4 rings (SSSR count). The number of hydrogen-bond donors (Lipinski definition) is 3. The maximum atomic E-state index is 12.6. The minimum atomic E-state index is -0.406. The summed E-state index contributed by atoms with van der Waals surface area (Å²) in [4.78, 5) is 12.6. The summed E-state index contributed by atoms with van der Waals surface area (Å²) < 4.78 is 11.3. The van der Waals surface area contributed by atoms with Gasteiger partial charge in [-0.15, -0.1) is 0 Å². The predicted octanol–water partition coefficient (Wildman–Crippen LogP) is 3.39. The van der Waals surface area contributed by atoms with E-state index in [1.807, 2.05) is 32.0 Å². The number of anilines is 1. The number of methoxy groups -OCH3 is 1. The molecule has 27 heavy (non-hydrogen) atoms. The van der Waals surface area contributed by atoms with Gasteiger partial charge in [-0.25, -0.2) is 4.79 Å². The van der Waals surface area contributed by atoms with Gasteiger partial charge in [0.1, 0.15) is 28.1 Å². The highest BCUT2D eigenvalue weighted by atomic mass is 16.5. The molecule has 2 heterocycles. The first kappa shape index (κ1) is 17.1. The highest BCUT2D eigenvalue weighted by molar-refractivity contribution is 5.92. The summed E-state index contributed by atoms with van der Waals surface area (Å²) >= 11 is 0. The fraction of sp³-hybridized carbons (Fsp3) is 0.316. The molecular weight excluding hydrogens is 346 g/mol. The van der Waals surface area contributed by atoms with E-state index in [4.69, 9.17) is 9.47 Å². The zero-order chi connectivity index (χ0) is 19.0. The van der Waals surface area contributed by atoms with E-state index in [0.29, 0.717) is 17.6 Å². The van der Waals surface area contributed by atoms with E-state index in [1.54, 1.807) is 25.3 Å². The number of amides is 2. The second-order valence-electron chi connectivity index (χ2n) is 7.15. The van der Waals surface area contributed by atoms with Crippen LogP contribution in [0.2, 0.25) is 0 Å². The molecule has 0 saturated heterocycles. The Hall–Kier alpha value is -3.29. The zero-order valence-corrected chi connectivity index (χ0v) is 15.4. The molecule has 0 saturated carbocycles. The van der Waals surface area contributed by atoms with Gasteiger partial charge in [-0.3, -0.25) is 0 Å². The van der Waals surface area contributed by atoms with Gasteiger partial charge in [0, 0.05) is 23.7 Å². The second-order valence-corrected chi connectivity index (χ2v) is 7.15. The first-order valence-corrected chi connectivity index (χ1v) is 8.68. The molecule has 3 aromatic rings. The number of aromatic amines is 1. The highest BCUT2D eigenvalue weighted by Crippen LogP contribution is 2.41. The molecule has 1 atom stereocenters. The number of aromatic nitrogens is 3. The molecule has 1 aliphatic heterocycles. The Morgan fingerprint density at radius 1 is 1.22 bits per heavy atom. The SMILES string of the molecule is COc1ccc2c(c1)OC(C)(C)C[C@H]2NC(=O)Nc1ccc2n[nH]nc2c1. The van der Waals surface area contributed by atoms with Crippen LogP contribution in [0.3, 0.4) is 0 Å². The Bertz CT molecular complexity index is 998. The van der Waals surface area contributed by atoms with Crippen molar-refractivity contribution in [1.29, 1.82) is 0 Å². The van der Waals surface area contributed by atoms with Crippen molar-refractivity contribution in [3.8, 4) is 11.5 Å². The third kappa shape index (κ3) is 3.51. The first-order chi connectivity index (χ1) is 12.9. The van der Waals surface area contributed by atoms with Crippen molar-refractivity contribution in [2.75, 3.05) is 12.4 Å². The van der Waals surface area contributed by atoms with Gasteiger partial charge < -0.3 is 20.1 Å². The lowest BCUT2D eigenvalue weighted by atomic mass is 9.89. The van der Waals surface area contributed by atoms with Crippen molar-refractivity contribution in [2.24, 2.45) is 0 Å². The van der Waals surface area contributed by atoms with E-state index in [0.717, 1.165) is 22.6 Å². The lowest BCUT2D eigenvalue weighted by molar-refractivity contribution is 0.0679. The largest absolute Gasteiger partial charge is 0.497 e. The molecule has 0 radical (unpaired) electrons. The van der Waals surface area contributed by atoms with E-state index >= 15 is 0 Å². The van der Waals surface area contributed by atoms with E-state index < -0.39 is 5.60 Å². The van der Waals surface area contributed by atoms with Crippen molar-refractivity contribution in [1.82, 2.24) is 20.7 Å². The summed E-state index contributed by atoms with van der Waals surface area (Å²) in [5, 5.41) is 16.5. The molecule has 1 aliphatic rings. The fourth-order valence-electron chi connectivity index (χ4n) is 3.33. The predicted molar refractivity (Wildman–Crippen MR) is 101 cm³/mol. The van der Waals surface area contributed by atoms with Crippen LogP contribution in [0.5, 0.6) is 11.5 Å². The fourth-order valence-corrected chi connectivity index (χ4v) is 3.33. The van der Waals surface area contributed by atoms with Gasteiger partial charge in [0.15, 0.2) is 0 Å². The van der Waals surface area contributed by atoms with Crippen LogP contribution in [0, 0.1) is 0 Å². The quantitative estimate of drug-likeness (QED) is 0.659. The minimum absolute atomic E-state index is 0.176. The molecule has 2 aromatic carbocycles. The summed E-state index contributed by atoms with van der Waals surface area (Å²) in [5.74, 6) is 1.44. The molecule has 140 valence electrons. The van der Waals surface area contributed by atoms with Crippen LogP contribution in [0.1, 0.15) is 31.9 Å². The third-order valence-electron chi connectivity index (χ3n) is 4.56. The number of benzene rings is 2. The van der Waals surface area contributed by atoms with Gasteiger partial charge in [-0.05, 0) is 44.2 Å². The van der Waals surface area contributed by atoms with Crippen molar-refractivity contribution in [3.63, 3.8) is 0 Å². The van der Waals surface area contributed by atoms with Gasteiger partial charge in [0.25, 0.3) is 0 Å². The topological polar surface area (TPSA) is 101 Å². The molecule has 2 amide bonds. The molecule has 8 heteroatoms. The van der Waals surface area contributed by atoms with Crippen LogP contribution in [-0.2, 0) is 0 Å². The summed E-state index contributed by atoms with van der Waals surface area (Å²) in [6, 6.07) is 10.5. The number of carbonyl (C=O) groups excluding carboxylic acids is 1. The summed E-state index contributed by atoms with van der Waals surface area (Å²) in [7, 11) is 1.62. The highest BCUT2D eigenvalue weighted by Gasteiger charge is 2.34. The average molecular weight is 367 g/mol. The number of nitrogens with zero attached hydrogens (tertiary/aromatic N) is 2. The molecule has 0 unspecified atom stereocenters. The lowest BCUT2D eigenvalue weighted by Gasteiger charge is -2.38. The zero-order valence-electron chi connectivity index (χ0n) is 15.4. The Balaban J connectivity index is 1.53. The lowest BCUT2D eigenvalue weighted by Crippen LogP contribution is -2.42. The van der Waals surface area contributed by atoms with Crippen molar-refractivity contribution >= 4 is 22.8 Å². The van der Waals surface area contributed by atoms with Gasteiger partial charge in [0.05, 0.1) is 13.2 Å². The number of carbonyl (C=O) groups is 1. The standard InChI is InChI=1S/C19H21N5O3/c1-19(2)10-16(13-6-5-12(26-3)9-17(13)27-19)21-18(25)20-11-4-7-14-15(8-11)23-24-22-14/h4-9,16H,10H2,1-3H3,(H2,20,21,25)(H,22,23,24)/t16-/m1/s1. The summed E-state index contributed by atoms with van der Waals surface area (Å²) in [6.07, 6.45) is 0.655. The Morgan fingerprint density at radius 3 is 2.85 bits per heavy atom. The van der Waals surface area contributed by atoms with Crippen molar-refractivity contribution in [3.05, 3.63) is 42.0 Å². The van der Waals surface area contributed by atoms with Gasteiger partial charge in [-0.2, -0.15) is 15.4 Å². The number of nitrogens with one attached hydrogen (secondary N) is 3. The molecule has 8 nitrogen and oxygen atoms in total. The Kier molecular flexibility index (Phi) is 4.10. The Labute approximate surface area is 156 Å². The summed E-state index contributed by atoms with van der Waals surface area (Å²) in [5.41, 5.74) is 2.61. The smallest absolute Gasteiger partial charge is 0.319 e. The number of urea groups is 1. The van der Waals surface area contributed by atoms with E-state index in [1.165, 1.54) is 0 Å². The summed E-state index contributed by atoms with van der Waals surface area (Å²) in [6.45, 7) is 4.00. The average Bonchev–Trinajstić information content (AvgIpc) is 3.07. The first-order valence-electron chi connectivity index (χ1n) is 8.68. The van der Waals surface area contributed by atoms with Crippen molar-refractivity contribution in [2.45, 2.75) is 31.9 Å². The normalized spacial score (nSPS) is 17.7. The van der Waals surface area contributed by atoms with Crippen LogP contribution >= 0.6 is 0 Å². The van der Waals surface area contributed by atoms with Crippen molar-refractivity contribution < 1.29 is 14.3 Å². The number of fused-ring (bicyclic) bond motifs is 2. The van der Waals surface area contributed by atoms with Crippen LogP contribution in [0.25, 0.3) is 11.0 Å². The van der Waals surface area contributed by atoms with Crippen LogP contribution in [-0.4, -0.2) is 34.2 Å². The number of H-pyrrole nitrogens is 1. The minimum Gasteiger partial charge on any atom is -0.497 e. The maximum absolute atomic E-state index is 12.6. The Morgan fingerprint density at radius 2 is 2.04 bits per heavy atom.